The SMILES string of the molecule is O=C(c1ccoc1)N1CCC(=O)N(CC2CC2)C2(CCOC2)C1. The Kier molecular flexibility index (Phi) is 3.64. The van der Waals surface area contributed by atoms with Crippen molar-refractivity contribution in [1.82, 2.24) is 9.80 Å². The van der Waals surface area contributed by atoms with E-state index < -0.39 is 0 Å². The second-order valence-corrected chi connectivity index (χ2v) is 6.96. The van der Waals surface area contributed by atoms with Crippen LogP contribution in [0.3, 0.4) is 0 Å². The van der Waals surface area contributed by atoms with Crippen LogP contribution in [0, 0.1) is 5.92 Å². The summed E-state index contributed by atoms with van der Waals surface area (Å²) < 4.78 is 10.7. The highest BCUT2D eigenvalue weighted by atomic mass is 16.5. The molecule has 23 heavy (non-hydrogen) atoms. The quantitative estimate of drug-likeness (QED) is 0.848. The first kappa shape index (κ1) is 14.8. The molecule has 124 valence electrons. The van der Waals surface area contributed by atoms with Gasteiger partial charge in [0.15, 0.2) is 0 Å². The molecule has 0 aromatic carbocycles. The highest BCUT2D eigenvalue weighted by molar-refractivity contribution is 5.94. The fourth-order valence-corrected chi connectivity index (χ4v) is 3.68. The molecule has 3 aliphatic rings. The lowest BCUT2D eigenvalue weighted by atomic mass is 9.94. The molecule has 2 amide bonds. The summed E-state index contributed by atoms with van der Waals surface area (Å²) >= 11 is 0. The van der Waals surface area contributed by atoms with Gasteiger partial charge in [0.05, 0.1) is 24.0 Å². The summed E-state index contributed by atoms with van der Waals surface area (Å²) in [5, 5.41) is 0. The fraction of sp³-hybridized carbons (Fsp3) is 0.647. The zero-order valence-corrected chi connectivity index (χ0v) is 13.2. The minimum atomic E-state index is -0.352. The van der Waals surface area contributed by atoms with Crippen molar-refractivity contribution in [3.8, 4) is 0 Å². The van der Waals surface area contributed by atoms with Crippen LogP contribution in [0.15, 0.2) is 23.0 Å². The highest BCUT2D eigenvalue weighted by Crippen LogP contribution is 2.37. The number of carbonyl (C=O) groups is 2. The summed E-state index contributed by atoms with van der Waals surface area (Å²) in [6.07, 6.45) is 6.58. The number of furan rings is 1. The van der Waals surface area contributed by atoms with E-state index in [0.29, 0.717) is 44.2 Å². The Morgan fingerprint density at radius 3 is 2.91 bits per heavy atom. The largest absolute Gasteiger partial charge is 0.472 e. The van der Waals surface area contributed by atoms with Crippen molar-refractivity contribution in [2.45, 2.75) is 31.2 Å². The molecular weight excluding hydrogens is 296 g/mol. The summed E-state index contributed by atoms with van der Waals surface area (Å²) in [4.78, 5) is 29.2. The van der Waals surface area contributed by atoms with E-state index in [0.717, 1.165) is 13.0 Å². The molecule has 2 aliphatic heterocycles. The van der Waals surface area contributed by atoms with Gasteiger partial charge in [-0.25, -0.2) is 0 Å². The van der Waals surface area contributed by atoms with Crippen molar-refractivity contribution in [2.24, 2.45) is 5.92 Å². The molecule has 3 heterocycles. The molecule has 1 aromatic rings. The van der Waals surface area contributed by atoms with E-state index in [1.54, 1.807) is 11.0 Å². The van der Waals surface area contributed by atoms with Gasteiger partial charge in [0, 0.05) is 32.7 Å². The van der Waals surface area contributed by atoms with E-state index in [9.17, 15) is 9.59 Å². The van der Waals surface area contributed by atoms with Gasteiger partial charge < -0.3 is 19.0 Å². The lowest BCUT2D eigenvalue weighted by Gasteiger charge is -2.40. The molecule has 4 rings (SSSR count). The minimum Gasteiger partial charge on any atom is -0.472 e. The average molecular weight is 318 g/mol. The van der Waals surface area contributed by atoms with Crippen LogP contribution in [0.1, 0.15) is 36.0 Å². The first-order chi connectivity index (χ1) is 11.2. The molecule has 1 unspecified atom stereocenters. The van der Waals surface area contributed by atoms with Crippen molar-refractivity contribution >= 4 is 11.8 Å². The second-order valence-electron chi connectivity index (χ2n) is 6.96. The van der Waals surface area contributed by atoms with Gasteiger partial charge in [0.25, 0.3) is 5.91 Å². The van der Waals surface area contributed by atoms with Crippen molar-refractivity contribution < 1.29 is 18.7 Å². The molecule has 1 aliphatic carbocycles. The fourth-order valence-electron chi connectivity index (χ4n) is 3.68. The molecular formula is C17H22N2O4. The number of amides is 2. The van der Waals surface area contributed by atoms with Gasteiger partial charge in [-0.15, -0.1) is 0 Å². The van der Waals surface area contributed by atoms with Crippen LogP contribution in [0.25, 0.3) is 0 Å². The third-order valence-electron chi connectivity index (χ3n) is 5.23. The molecule has 1 spiro atoms. The van der Waals surface area contributed by atoms with Crippen LogP contribution in [0.5, 0.6) is 0 Å². The number of hydrogen-bond acceptors (Lipinski definition) is 4. The zero-order valence-electron chi connectivity index (χ0n) is 13.2. The smallest absolute Gasteiger partial charge is 0.257 e. The van der Waals surface area contributed by atoms with Gasteiger partial charge in [-0.3, -0.25) is 9.59 Å². The lowest BCUT2D eigenvalue weighted by Crippen LogP contribution is -2.57. The third kappa shape index (κ3) is 2.76. The van der Waals surface area contributed by atoms with Gasteiger partial charge in [-0.2, -0.15) is 0 Å². The van der Waals surface area contributed by atoms with Gasteiger partial charge in [0.1, 0.15) is 6.26 Å². The van der Waals surface area contributed by atoms with Crippen molar-refractivity contribution in [2.75, 3.05) is 32.8 Å². The monoisotopic (exact) mass is 318 g/mol. The normalized spacial score (nSPS) is 28.4. The summed E-state index contributed by atoms with van der Waals surface area (Å²) in [7, 11) is 0. The minimum absolute atomic E-state index is 0.0638. The van der Waals surface area contributed by atoms with Gasteiger partial charge >= 0.3 is 0 Å². The Balaban J connectivity index is 1.60. The second kappa shape index (κ2) is 5.67. The number of nitrogens with zero attached hydrogens (tertiary/aromatic N) is 2. The van der Waals surface area contributed by atoms with Gasteiger partial charge in [0.2, 0.25) is 5.91 Å². The standard InChI is InChI=1S/C17H22N2O4/c20-15-3-6-18(16(21)14-4-7-22-10-14)11-17(5-8-23-12-17)19(15)9-13-1-2-13/h4,7,10,13H,1-3,5-6,8-9,11-12H2. The zero-order chi connectivity index (χ0) is 15.9. The van der Waals surface area contributed by atoms with Crippen molar-refractivity contribution in [1.29, 1.82) is 0 Å². The van der Waals surface area contributed by atoms with Crippen LogP contribution >= 0.6 is 0 Å². The maximum atomic E-state index is 12.7. The number of carbonyl (C=O) groups excluding carboxylic acids is 2. The molecule has 6 heteroatoms. The third-order valence-corrected chi connectivity index (χ3v) is 5.23. The first-order valence-electron chi connectivity index (χ1n) is 8.38. The van der Waals surface area contributed by atoms with Crippen molar-refractivity contribution in [3.05, 3.63) is 24.2 Å². The molecule has 0 bridgehead atoms. The number of rotatable bonds is 3. The van der Waals surface area contributed by atoms with Gasteiger partial charge in [-0.05, 0) is 31.2 Å². The van der Waals surface area contributed by atoms with Crippen LogP contribution in [-0.2, 0) is 9.53 Å². The van der Waals surface area contributed by atoms with Crippen molar-refractivity contribution in [3.63, 3.8) is 0 Å². The number of ether oxygens (including phenoxy) is 1. The first-order valence-corrected chi connectivity index (χ1v) is 8.38. The maximum absolute atomic E-state index is 12.7. The van der Waals surface area contributed by atoms with Crippen LogP contribution in [0.4, 0.5) is 0 Å². The molecule has 1 atom stereocenters. The van der Waals surface area contributed by atoms with Crippen LogP contribution in [-0.4, -0.2) is 60.0 Å². The predicted octanol–water partition coefficient (Wildman–Crippen LogP) is 1.52. The molecule has 1 aromatic heterocycles. The average Bonchev–Trinajstić information content (AvgIpc) is 3.04. The van der Waals surface area contributed by atoms with E-state index in [1.165, 1.54) is 25.4 Å². The Morgan fingerprint density at radius 2 is 2.26 bits per heavy atom. The summed E-state index contributed by atoms with van der Waals surface area (Å²) in [5.41, 5.74) is 0.192. The lowest BCUT2D eigenvalue weighted by molar-refractivity contribution is -0.136. The van der Waals surface area contributed by atoms with Crippen LogP contribution < -0.4 is 0 Å². The summed E-state index contributed by atoms with van der Waals surface area (Å²) in [5.74, 6) is 0.726. The van der Waals surface area contributed by atoms with E-state index in [1.807, 2.05) is 4.90 Å². The van der Waals surface area contributed by atoms with Gasteiger partial charge in [-0.1, -0.05) is 0 Å². The van der Waals surface area contributed by atoms with E-state index in [4.69, 9.17) is 9.15 Å². The summed E-state index contributed by atoms with van der Waals surface area (Å²) in [6.45, 7) is 3.01. The topological polar surface area (TPSA) is 63.0 Å². The Labute approximate surface area is 135 Å². The highest BCUT2D eigenvalue weighted by Gasteiger charge is 2.48. The Morgan fingerprint density at radius 1 is 1.39 bits per heavy atom. The molecule has 1 saturated carbocycles. The molecule has 0 radical (unpaired) electrons. The Hall–Kier alpha value is -1.82. The molecule has 6 nitrogen and oxygen atoms in total. The Bertz CT molecular complexity index is 588. The maximum Gasteiger partial charge on any atom is 0.257 e. The van der Waals surface area contributed by atoms with E-state index in [2.05, 4.69) is 0 Å². The van der Waals surface area contributed by atoms with E-state index >= 15 is 0 Å². The predicted molar refractivity (Wildman–Crippen MR) is 81.8 cm³/mol. The van der Waals surface area contributed by atoms with Crippen LogP contribution in [0.2, 0.25) is 0 Å². The summed E-state index contributed by atoms with van der Waals surface area (Å²) in [6, 6.07) is 1.68. The molecule has 2 saturated heterocycles. The molecule has 0 N–H and O–H groups in total. The van der Waals surface area contributed by atoms with E-state index in [-0.39, 0.29) is 17.4 Å². The molecule has 3 fully saturated rings. The number of hydrogen-bond donors (Lipinski definition) is 0.